The molecule has 0 radical (unpaired) electrons. The van der Waals surface area contributed by atoms with Crippen LogP contribution in [0.15, 0.2) is 29.2 Å². The van der Waals surface area contributed by atoms with Crippen molar-refractivity contribution in [3.63, 3.8) is 0 Å². The van der Waals surface area contributed by atoms with Gasteiger partial charge in [0.15, 0.2) is 0 Å². The minimum Gasteiger partial charge on any atom is -0.444 e. The molecule has 2 rings (SSSR count). The van der Waals surface area contributed by atoms with Crippen LogP contribution in [-0.4, -0.2) is 34.9 Å². The highest BCUT2D eigenvalue weighted by Gasteiger charge is 2.27. The second-order valence-electron chi connectivity index (χ2n) is 6.55. The molecule has 0 aliphatic carbocycles. The van der Waals surface area contributed by atoms with Crippen molar-refractivity contribution in [2.75, 3.05) is 13.1 Å². The molecule has 1 aliphatic rings. The molecule has 3 nitrogen and oxygen atoms in total. The van der Waals surface area contributed by atoms with Crippen molar-refractivity contribution in [3.05, 3.63) is 29.8 Å². The number of piperidine rings is 1. The van der Waals surface area contributed by atoms with Crippen molar-refractivity contribution in [1.29, 1.82) is 0 Å². The number of likely N-dealkylation sites (tertiary alicyclic amines) is 1. The van der Waals surface area contributed by atoms with Crippen LogP contribution in [0, 0.1) is 6.92 Å². The molecule has 1 heterocycles. The molecule has 1 aromatic rings. The van der Waals surface area contributed by atoms with Gasteiger partial charge in [0.2, 0.25) is 0 Å². The van der Waals surface area contributed by atoms with Crippen LogP contribution in [-0.2, 0) is 4.74 Å². The van der Waals surface area contributed by atoms with Crippen molar-refractivity contribution in [2.24, 2.45) is 0 Å². The van der Waals surface area contributed by atoms with Gasteiger partial charge in [0.1, 0.15) is 5.60 Å². The van der Waals surface area contributed by atoms with Crippen molar-refractivity contribution < 1.29 is 9.53 Å². The normalized spacial score (nSPS) is 16.9. The molecule has 0 saturated carbocycles. The molecule has 0 atom stereocenters. The van der Waals surface area contributed by atoms with Gasteiger partial charge in [-0.1, -0.05) is 18.2 Å². The highest BCUT2D eigenvalue weighted by atomic mass is 32.2. The third kappa shape index (κ3) is 4.95. The van der Waals surface area contributed by atoms with Crippen LogP contribution in [0.3, 0.4) is 0 Å². The Kier molecular flexibility index (Phi) is 5.20. The fourth-order valence-electron chi connectivity index (χ4n) is 2.35. The summed E-state index contributed by atoms with van der Waals surface area (Å²) in [5.41, 5.74) is 0.918. The van der Waals surface area contributed by atoms with E-state index in [4.69, 9.17) is 4.74 Å². The summed E-state index contributed by atoms with van der Waals surface area (Å²) in [5.74, 6) is 0. The van der Waals surface area contributed by atoms with E-state index in [2.05, 4.69) is 31.2 Å². The highest BCUT2D eigenvalue weighted by molar-refractivity contribution is 8.00. The molecule has 4 heteroatoms. The molecule has 1 aliphatic heterocycles. The predicted octanol–water partition coefficient (Wildman–Crippen LogP) is 4.49. The number of ether oxygens (including phenoxy) is 1. The van der Waals surface area contributed by atoms with E-state index >= 15 is 0 Å². The molecular weight excluding hydrogens is 282 g/mol. The molecule has 1 aromatic carbocycles. The summed E-state index contributed by atoms with van der Waals surface area (Å²) >= 11 is 1.94. The zero-order valence-corrected chi connectivity index (χ0v) is 14.2. The van der Waals surface area contributed by atoms with Crippen LogP contribution < -0.4 is 0 Å². The lowest BCUT2D eigenvalue weighted by Crippen LogP contribution is -2.42. The minimum atomic E-state index is -0.413. The zero-order chi connectivity index (χ0) is 15.5. The Hall–Kier alpha value is -1.16. The van der Waals surface area contributed by atoms with Crippen LogP contribution >= 0.6 is 11.8 Å². The van der Waals surface area contributed by atoms with Gasteiger partial charge in [-0.25, -0.2) is 4.79 Å². The summed E-state index contributed by atoms with van der Waals surface area (Å²) in [6.07, 6.45) is 1.87. The highest BCUT2D eigenvalue weighted by Crippen LogP contribution is 2.32. The Balaban J connectivity index is 1.83. The average molecular weight is 307 g/mol. The molecule has 1 saturated heterocycles. The van der Waals surface area contributed by atoms with Crippen molar-refractivity contribution in [2.45, 2.75) is 56.3 Å². The van der Waals surface area contributed by atoms with E-state index in [-0.39, 0.29) is 6.09 Å². The van der Waals surface area contributed by atoms with E-state index < -0.39 is 5.60 Å². The van der Waals surface area contributed by atoms with E-state index in [0.717, 1.165) is 25.9 Å². The third-order valence-corrected chi connectivity index (χ3v) is 5.00. The van der Waals surface area contributed by atoms with Crippen molar-refractivity contribution in [3.8, 4) is 0 Å². The SMILES string of the molecule is Cc1ccccc1SC1CCN(C(=O)OC(C)(C)C)CC1. The first-order chi connectivity index (χ1) is 9.85. The lowest BCUT2D eigenvalue weighted by molar-refractivity contribution is 0.0219. The lowest BCUT2D eigenvalue weighted by Gasteiger charge is -2.33. The van der Waals surface area contributed by atoms with Gasteiger partial charge in [-0.05, 0) is 52.2 Å². The zero-order valence-electron chi connectivity index (χ0n) is 13.4. The van der Waals surface area contributed by atoms with Gasteiger partial charge in [-0.15, -0.1) is 11.8 Å². The maximum Gasteiger partial charge on any atom is 0.410 e. The van der Waals surface area contributed by atoms with Crippen LogP contribution in [0.4, 0.5) is 4.79 Å². The third-order valence-electron chi connectivity index (χ3n) is 3.48. The van der Waals surface area contributed by atoms with Gasteiger partial charge in [0.05, 0.1) is 0 Å². The Morgan fingerprint density at radius 1 is 1.24 bits per heavy atom. The molecule has 0 N–H and O–H groups in total. The summed E-state index contributed by atoms with van der Waals surface area (Å²) in [6.45, 7) is 9.46. The fraction of sp³-hybridized carbons (Fsp3) is 0.588. The largest absolute Gasteiger partial charge is 0.444 e. The van der Waals surface area contributed by atoms with Gasteiger partial charge in [-0.3, -0.25) is 0 Å². The Morgan fingerprint density at radius 3 is 2.43 bits per heavy atom. The number of hydrogen-bond donors (Lipinski definition) is 0. The Labute approximate surface area is 132 Å². The molecular formula is C17H25NO2S. The second-order valence-corrected chi connectivity index (χ2v) is 7.89. The number of amides is 1. The van der Waals surface area contributed by atoms with E-state index in [9.17, 15) is 4.79 Å². The quantitative estimate of drug-likeness (QED) is 0.806. The first-order valence-corrected chi connectivity index (χ1v) is 8.43. The number of carbonyl (C=O) groups is 1. The molecule has 116 valence electrons. The number of hydrogen-bond acceptors (Lipinski definition) is 3. The summed E-state index contributed by atoms with van der Waals surface area (Å²) in [5, 5.41) is 0.588. The Morgan fingerprint density at radius 2 is 1.86 bits per heavy atom. The van der Waals surface area contributed by atoms with E-state index in [1.807, 2.05) is 37.4 Å². The van der Waals surface area contributed by atoms with Crippen LogP contribution in [0.2, 0.25) is 0 Å². The number of benzene rings is 1. The summed E-state index contributed by atoms with van der Waals surface area (Å²) in [4.78, 5) is 15.2. The van der Waals surface area contributed by atoms with Gasteiger partial charge in [0, 0.05) is 23.2 Å². The van der Waals surface area contributed by atoms with Crippen molar-refractivity contribution in [1.82, 2.24) is 4.90 Å². The van der Waals surface area contributed by atoms with Gasteiger partial charge < -0.3 is 9.64 Å². The van der Waals surface area contributed by atoms with E-state index in [1.165, 1.54) is 10.5 Å². The maximum absolute atomic E-state index is 12.0. The van der Waals surface area contributed by atoms with E-state index in [1.54, 1.807) is 0 Å². The predicted molar refractivity (Wildman–Crippen MR) is 87.9 cm³/mol. The molecule has 1 fully saturated rings. The first-order valence-electron chi connectivity index (χ1n) is 7.55. The molecule has 0 bridgehead atoms. The van der Waals surface area contributed by atoms with Crippen LogP contribution in [0.25, 0.3) is 0 Å². The second kappa shape index (κ2) is 6.73. The van der Waals surface area contributed by atoms with E-state index in [0.29, 0.717) is 5.25 Å². The monoisotopic (exact) mass is 307 g/mol. The van der Waals surface area contributed by atoms with Crippen LogP contribution in [0.5, 0.6) is 0 Å². The number of thioether (sulfide) groups is 1. The fourth-order valence-corrected chi connectivity index (χ4v) is 3.57. The minimum absolute atomic E-state index is 0.179. The lowest BCUT2D eigenvalue weighted by atomic mass is 10.1. The summed E-state index contributed by atoms with van der Waals surface area (Å²) in [6, 6.07) is 8.49. The maximum atomic E-state index is 12.0. The molecule has 0 spiro atoms. The topological polar surface area (TPSA) is 29.5 Å². The van der Waals surface area contributed by atoms with Gasteiger partial charge >= 0.3 is 6.09 Å². The van der Waals surface area contributed by atoms with Gasteiger partial charge in [-0.2, -0.15) is 0 Å². The molecule has 1 amide bonds. The first kappa shape index (κ1) is 16.2. The average Bonchev–Trinajstić information content (AvgIpc) is 2.40. The van der Waals surface area contributed by atoms with Gasteiger partial charge in [0.25, 0.3) is 0 Å². The number of carbonyl (C=O) groups excluding carboxylic acids is 1. The number of rotatable bonds is 2. The summed E-state index contributed by atoms with van der Waals surface area (Å²) in [7, 11) is 0. The van der Waals surface area contributed by atoms with Crippen LogP contribution in [0.1, 0.15) is 39.2 Å². The molecule has 0 unspecified atom stereocenters. The number of aryl methyl sites for hydroxylation is 1. The Bertz CT molecular complexity index is 488. The number of nitrogens with zero attached hydrogens (tertiary/aromatic N) is 1. The van der Waals surface area contributed by atoms with Crippen molar-refractivity contribution >= 4 is 17.9 Å². The molecule has 21 heavy (non-hydrogen) atoms. The standard InChI is InChI=1S/C17H25NO2S/c1-13-7-5-6-8-15(13)21-14-9-11-18(12-10-14)16(19)20-17(2,3)4/h5-8,14H,9-12H2,1-4H3. The molecule has 0 aromatic heterocycles. The smallest absolute Gasteiger partial charge is 0.410 e. The summed E-state index contributed by atoms with van der Waals surface area (Å²) < 4.78 is 5.43.